The summed E-state index contributed by atoms with van der Waals surface area (Å²) in [5.74, 6) is 0.0684. The molecule has 0 bridgehead atoms. The summed E-state index contributed by atoms with van der Waals surface area (Å²) >= 11 is 8.09. The summed E-state index contributed by atoms with van der Waals surface area (Å²) in [5.41, 5.74) is 1.37. The maximum atomic E-state index is 14.4. The van der Waals surface area contributed by atoms with Crippen LogP contribution < -0.4 is 0 Å². The summed E-state index contributed by atoms with van der Waals surface area (Å²) in [5, 5.41) is 1.23. The Balaban J connectivity index is 2.09. The highest BCUT2D eigenvalue weighted by Gasteiger charge is 2.20. The standard InChI is InChI=1S/C16H17ClFIN2/c17-12-8-11-15(10-6-4-2-1-3-5-7-10)20-9-21-16(11)13(18)14(12)19/h8-10H,1-7H2. The highest BCUT2D eigenvalue weighted by molar-refractivity contribution is 14.1. The Hall–Kier alpha value is -0.490. The van der Waals surface area contributed by atoms with Crippen molar-refractivity contribution in [1.29, 1.82) is 0 Å². The van der Waals surface area contributed by atoms with Gasteiger partial charge in [0.2, 0.25) is 0 Å². The van der Waals surface area contributed by atoms with E-state index in [4.69, 9.17) is 11.6 Å². The molecule has 0 spiro atoms. The molecule has 1 heterocycles. The maximum Gasteiger partial charge on any atom is 0.164 e. The van der Waals surface area contributed by atoms with Gasteiger partial charge in [0.1, 0.15) is 11.8 Å². The lowest BCUT2D eigenvalue weighted by Gasteiger charge is -2.20. The fourth-order valence-corrected chi connectivity index (χ4v) is 3.78. The lowest BCUT2D eigenvalue weighted by Crippen LogP contribution is -2.07. The molecular weight excluding hydrogens is 402 g/mol. The van der Waals surface area contributed by atoms with Crippen LogP contribution in [0.25, 0.3) is 10.9 Å². The van der Waals surface area contributed by atoms with Crippen molar-refractivity contribution in [3.8, 4) is 0 Å². The number of rotatable bonds is 1. The number of halogens is 3. The molecule has 0 saturated heterocycles. The van der Waals surface area contributed by atoms with Crippen LogP contribution in [-0.4, -0.2) is 9.97 Å². The van der Waals surface area contributed by atoms with Crippen molar-refractivity contribution in [2.45, 2.75) is 50.9 Å². The Morgan fingerprint density at radius 1 is 1.10 bits per heavy atom. The third-order valence-electron chi connectivity index (χ3n) is 4.29. The number of hydrogen-bond acceptors (Lipinski definition) is 2. The van der Waals surface area contributed by atoms with Gasteiger partial charge in [-0.3, -0.25) is 0 Å². The van der Waals surface area contributed by atoms with Crippen molar-refractivity contribution in [3.05, 3.63) is 32.5 Å². The van der Waals surface area contributed by atoms with Crippen molar-refractivity contribution >= 4 is 45.1 Å². The predicted octanol–water partition coefficient (Wildman–Crippen LogP) is 5.85. The van der Waals surface area contributed by atoms with Gasteiger partial charge in [0, 0.05) is 11.3 Å². The summed E-state index contributed by atoms with van der Waals surface area (Å²) < 4.78 is 14.8. The van der Waals surface area contributed by atoms with Crippen LogP contribution in [0.1, 0.15) is 56.6 Å². The van der Waals surface area contributed by atoms with E-state index in [0.29, 0.717) is 20.0 Å². The van der Waals surface area contributed by atoms with Crippen LogP contribution in [-0.2, 0) is 0 Å². The number of aromatic nitrogens is 2. The minimum atomic E-state index is -0.326. The first-order chi connectivity index (χ1) is 10.2. The third-order valence-corrected chi connectivity index (χ3v) is 5.96. The maximum absolute atomic E-state index is 14.4. The van der Waals surface area contributed by atoms with E-state index in [0.717, 1.165) is 23.9 Å². The SMILES string of the molecule is Fc1c(I)c(Cl)cc2c(C3CCCCCCC3)ncnc12. The largest absolute Gasteiger partial charge is 0.240 e. The predicted molar refractivity (Wildman–Crippen MR) is 92.3 cm³/mol. The number of hydrogen-bond donors (Lipinski definition) is 0. The lowest BCUT2D eigenvalue weighted by molar-refractivity contribution is 0.451. The van der Waals surface area contributed by atoms with Crippen LogP contribution in [0.5, 0.6) is 0 Å². The molecular formula is C16H17ClFIN2. The van der Waals surface area contributed by atoms with E-state index in [2.05, 4.69) is 9.97 Å². The molecule has 21 heavy (non-hydrogen) atoms. The van der Waals surface area contributed by atoms with E-state index in [-0.39, 0.29) is 5.82 Å². The molecule has 0 amide bonds. The van der Waals surface area contributed by atoms with Gasteiger partial charge in [-0.15, -0.1) is 0 Å². The van der Waals surface area contributed by atoms with E-state index in [9.17, 15) is 4.39 Å². The molecule has 1 fully saturated rings. The highest BCUT2D eigenvalue weighted by Crippen LogP contribution is 2.36. The average molecular weight is 419 g/mol. The molecule has 5 heteroatoms. The molecule has 1 aromatic carbocycles. The summed E-state index contributed by atoms with van der Waals surface area (Å²) in [6.07, 6.45) is 10.1. The molecule has 1 aliphatic rings. The molecule has 1 aliphatic carbocycles. The summed E-state index contributed by atoms with van der Waals surface area (Å²) in [6, 6.07) is 1.83. The first-order valence-corrected chi connectivity index (χ1v) is 8.92. The second kappa shape index (κ2) is 6.73. The average Bonchev–Trinajstić information content (AvgIpc) is 2.45. The summed E-state index contributed by atoms with van der Waals surface area (Å²) in [6.45, 7) is 0. The molecule has 1 aromatic heterocycles. The fourth-order valence-electron chi connectivity index (χ4n) is 3.18. The zero-order valence-corrected chi connectivity index (χ0v) is 14.6. The lowest BCUT2D eigenvalue weighted by atomic mass is 9.87. The van der Waals surface area contributed by atoms with E-state index in [1.807, 2.05) is 28.7 Å². The monoisotopic (exact) mass is 418 g/mol. The molecule has 112 valence electrons. The topological polar surface area (TPSA) is 25.8 Å². The van der Waals surface area contributed by atoms with Crippen LogP contribution in [0, 0.1) is 9.39 Å². The summed E-state index contributed by atoms with van der Waals surface area (Å²) in [7, 11) is 0. The molecule has 0 aliphatic heterocycles. The van der Waals surface area contributed by atoms with Gasteiger partial charge in [-0.1, -0.05) is 43.7 Å². The molecule has 2 aromatic rings. The Bertz CT molecular complexity index is 654. The Morgan fingerprint density at radius 2 is 1.76 bits per heavy atom. The molecule has 0 atom stereocenters. The number of benzene rings is 1. The van der Waals surface area contributed by atoms with Crippen LogP contribution in [0.3, 0.4) is 0 Å². The van der Waals surface area contributed by atoms with Crippen LogP contribution in [0.4, 0.5) is 4.39 Å². The minimum Gasteiger partial charge on any atom is -0.240 e. The van der Waals surface area contributed by atoms with Gasteiger partial charge in [0.25, 0.3) is 0 Å². The fraction of sp³-hybridized carbons (Fsp3) is 0.500. The quantitative estimate of drug-likeness (QED) is 0.428. The van der Waals surface area contributed by atoms with Crippen LogP contribution >= 0.6 is 34.2 Å². The molecule has 0 unspecified atom stereocenters. The normalized spacial score (nSPS) is 17.7. The second-order valence-corrected chi connectivity index (χ2v) is 7.17. The zero-order chi connectivity index (χ0) is 14.8. The number of nitrogens with zero attached hydrogens (tertiary/aromatic N) is 2. The molecule has 0 radical (unpaired) electrons. The van der Waals surface area contributed by atoms with Gasteiger partial charge in [-0.2, -0.15) is 0 Å². The van der Waals surface area contributed by atoms with Gasteiger partial charge < -0.3 is 0 Å². The van der Waals surface area contributed by atoms with Gasteiger partial charge in [-0.25, -0.2) is 14.4 Å². The van der Waals surface area contributed by atoms with Crippen molar-refractivity contribution in [1.82, 2.24) is 9.97 Å². The van der Waals surface area contributed by atoms with E-state index >= 15 is 0 Å². The van der Waals surface area contributed by atoms with Gasteiger partial charge in [0.05, 0.1) is 14.3 Å². The first kappa shape index (κ1) is 15.4. The number of fused-ring (bicyclic) bond motifs is 1. The zero-order valence-electron chi connectivity index (χ0n) is 11.7. The van der Waals surface area contributed by atoms with Crippen LogP contribution in [0.2, 0.25) is 5.02 Å². The van der Waals surface area contributed by atoms with E-state index in [1.54, 1.807) is 0 Å². The Morgan fingerprint density at radius 3 is 2.48 bits per heavy atom. The van der Waals surface area contributed by atoms with E-state index in [1.165, 1.54) is 38.4 Å². The molecule has 0 N–H and O–H groups in total. The second-order valence-electron chi connectivity index (χ2n) is 5.68. The highest BCUT2D eigenvalue weighted by atomic mass is 127. The van der Waals surface area contributed by atoms with Gasteiger partial charge in [-0.05, 0) is 41.5 Å². The van der Waals surface area contributed by atoms with Crippen LogP contribution in [0.15, 0.2) is 12.4 Å². The van der Waals surface area contributed by atoms with Gasteiger partial charge >= 0.3 is 0 Å². The van der Waals surface area contributed by atoms with Crippen molar-refractivity contribution in [2.24, 2.45) is 0 Å². The Kier molecular flexibility index (Phi) is 4.94. The van der Waals surface area contributed by atoms with E-state index < -0.39 is 0 Å². The molecule has 3 rings (SSSR count). The molecule has 1 saturated carbocycles. The van der Waals surface area contributed by atoms with Gasteiger partial charge in [0.15, 0.2) is 5.82 Å². The first-order valence-electron chi connectivity index (χ1n) is 7.46. The third kappa shape index (κ3) is 3.16. The smallest absolute Gasteiger partial charge is 0.164 e. The van der Waals surface area contributed by atoms with Crippen molar-refractivity contribution < 1.29 is 4.39 Å². The van der Waals surface area contributed by atoms with Crippen molar-refractivity contribution in [2.75, 3.05) is 0 Å². The summed E-state index contributed by atoms with van der Waals surface area (Å²) in [4.78, 5) is 8.61. The van der Waals surface area contributed by atoms with Crippen molar-refractivity contribution in [3.63, 3.8) is 0 Å². The Labute approximate surface area is 142 Å². The minimum absolute atomic E-state index is 0.326. The molecule has 2 nitrogen and oxygen atoms in total.